The van der Waals surface area contributed by atoms with E-state index < -0.39 is 0 Å². The van der Waals surface area contributed by atoms with E-state index in [9.17, 15) is 0 Å². The first kappa shape index (κ1) is 79.1. The molecule has 480 valence electrons. The predicted molar refractivity (Wildman–Crippen MR) is 370 cm³/mol. The fraction of sp³-hybridized carbons (Fsp3) is 0.405. The zero-order valence-electron chi connectivity index (χ0n) is 57.6. The summed E-state index contributed by atoms with van der Waals surface area (Å²) in [6.45, 7) is 42.6. The molecular weight excluding hydrogens is 1110 g/mol. The van der Waals surface area contributed by atoms with Gasteiger partial charge in [-0.25, -0.2) is 29.9 Å². The van der Waals surface area contributed by atoms with Gasteiger partial charge in [-0.1, -0.05) is 157 Å². The summed E-state index contributed by atoms with van der Waals surface area (Å²) in [5.74, 6) is 6.28. The van der Waals surface area contributed by atoms with Crippen LogP contribution in [0.15, 0.2) is 209 Å². The summed E-state index contributed by atoms with van der Waals surface area (Å²) in [7, 11) is 0. The Morgan fingerprint density at radius 2 is 0.667 bits per heavy atom. The lowest BCUT2D eigenvalue weighted by Crippen LogP contribution is -1.93. The lowest BCUT2D eigenvalue weighted by atomic mass is 10.1. The molecule has 0 spiro atoms. The van der Waals surface area contributed by atoms with Crippen LogP contribution in [0, 0.1) is 0 Å². The number of pyridine rings is 4. The van der Waals surface area contributed by atoms with Crippen molar-refractivity contribution in [3.05, 3.63) is 266 Å². The van der Waals surface area contributed by atoms with E-state index in [1.54, 1.807) is 80.8 Å². The summed E-state index contributed by atoms with van der Waals surface area (Å²) in [5, 5.41) is 15.1. The van der Waals surface area contributed by atoms with E-state index in [1.165, 1.54) is 27.8 Å². The molecule has 10 aromatic rings. The van der Waals surface area contributed by atoms with Gasteiger partial charge in [0.25, 0.3) is 0 Å². The van der Waals surface area contributed by atoms with Crippen molar-refractivity contribution in [3.8, 4) is 0 Å². The lowest BCUT2D eigenvalue weighted by molar-refractivity contribution is 0.774. The van der Waals surface area contributed by atoms with Gasteiger partial charge in [-0.3, -0.25) is 29.9 Å². The average Bonchev–Trinajstić information content (AvgIpc) is 3.62. The quantitative estimate of drug-likeness (QED) is 0.125. The molecule has 0 amide bonds. The number of hydrogen-bond donors (Lipinski definition) is 0. The summed E-state index contributed by atoms with van der Waals surface area (Å²) < 4.78 is 0. The van der Waals surface area contributed by atoms with Crippen LogP contribution >= 0.6 is 0 Å². The van der Waals surface area contributed by atoms with E-state index in [0.29, 0.717) is 59.2 Å². The lowest BCUT2D eigenvalue weighted by Gasteiger charge is -2.01. The minimum atomic E-state index is 0.436. The monoisotopic (exact) mass is 1220 g/mol. The highest BCUT2D eigenvalue weighted by Gasteiger charge is 2.02. The summed E-state index contributed by atoms with van der Waals surface area (Å²) >= 11 is 0. The molecule has 0 bridgehead atoms. The Balaban J connectivity index is 0.000000500. The second-order valence-corrected chi connectivity index (χ2v) is 23.5. The molecule has 0 atom stereocenters. The van der Waals surface area contributed by atoms with Crippen molar-refractivity contribution in [2.24, 2.45) is 0 Å². The average molecular weight is 1220 g/mol. The van der Waals surface area contributed by atoms with Crippen LogP contribution in [0.3, 0.4) is 0 Å². The van der Waals surface area contributed by atoms with Crippen molar-refractivity contribution < 1.29 is 0 Å². The third-order valence-corrected chi connectivity index (χ3v) is 12.5. The van der Waals surface area contributed by atoms with Gasteiger partial charge in [-0.2, -0.15) is 20.4 Å². The minimum Gasteiger partial charge on any atom is -0.265 e. The minimum absolute atomic E-state index is 0.436. The van der Waals surface area contributed by atoms with Crippen LogP contribution in [-0.2, 0) is 0 Å². The first-order chi connectivity index (χ1) is 43.0. The highest BCUT2D eigenvalue weighted by molar-refractivity contribution is 5.15. The zero-order valence-corrected chi connectivity index (χ0v) is 57.6. The Labute approximate surface area is 540 Å². The molecule has 0 saturated heterocycles. The van der Waals surface area contributed by atoms with Crippen LogP contribution < -0.4 is 0 Å². The molecule has 10 aromatic heterocycles. The van der Waals surface area contributed by atoms with Gasteiger partial charge in [0.1, 0.15) is 18.5 Å². The van der Waals surface area contributed by atoms with Gasteiger partial charge >= 0.3 is 0 Å². The standard InChI is InChI=1S/4C8H11N.6C7H10N2/c1-7(2)8-3-5-9-6-4-8;2*1-7(2)8-4-3-5-9-6-8;1-7(2)8-5-3-4-6-9-8;1-6(2)7-3-8-5-9-4-7;1-6(2)7-5-8-3-4-9-7;1-6(2)7-3-4-8-5-9-7;1-6(2)7-3-4-8-9-5-7;1-6(2)7-8-4-3-5-9-7;1-6(2)7-4-3-5-8-9-7/h4*3-7H,1-2H3;6*3-6H,1-2H3. The van der Waals surface area contributed by atoms with E-state index in [-0.39, 0.29) is 0 Å². The van der Waals surface area contributed by atoms with Crippen LogP contribution in [0.2, 0.25) is 0 Å². The molecule has 0 unspecified atom stereocenters. The second kappa shape index (κ2) is 49.0. The molecule has 10 heterocycles. The molecule has 0 aliphatic heterocycles. The van der Waals surface area contributed by atoms with Crippen molar-refractivity contribution in [2.75, 3.05) is 0 Å². The van der Waals surface area contributed by atoms with Crippen molar-refractivity contribution in [1.29, 1.82) is 0 Å². The van der Waals surface area contributed by atoms with Gasteiger partial charge in [0.05, 0.1) is 17.6 Å². The molecule has 0 N–H and O–H groups in total. The molecule has 0 radical (unpaired) electrons. The predicted octanol–water partition coefficient (Wildman–Crippen LogP) is 18.4. The van der Waals surface area contributed by atoms with Gasteiger partial charge in [0.15, 0.2) is 0 Å². The highest BCUT2D eigenvalue weighted by Crippen LogP contribution is 2.15. The van der Waals surface area contributed by atoms with Crippen LogP contribution in [0.1, 0.15) is 254 Å². The Morgan fingerprint density at radius 1 is 0.211 bits per heavy atom. The van der Waals surface area contributed by atoms with E-state index in [2.05, 4.69) is 231 Å². The maximum Gasteiger partial charge on any atom is 0.130 e. The SMILES string of the molecule is CC(C)c1ccccn1.CC(C)c1cccnc1.CC(C)c1cccnc1.CC(C)c1cccnn1.CC(C)c1ccncc1.CC(C)c1ccncn1.CC(C)c1ccnnc1.CC(C)c1cnccn1.CC(C)c1cncnc1.CC(C)c1ncccn1. The topological polar surface area (TPSA) is 206 Å². The Bertz CT molecular complexity index is 2410. The fourth-order valence-corrected chi connectivity index (χ4v) is 6.63. The van der Waals surface area contributed by atoms with E-state index in [4.69, 9.17) is 0 Å². The maximum atomic E-state index is 4.18. The molecular formula is C74H104N16. The van der Waals surface area contributed by atoms with Crippen LogP contribution in [0.25, 0.3) is 0 Å². The van der Waals surface area contributed by atoms with Crippen LogP contribution in [0.4, 0.5) is 0 Å². The Morgan fingerprint density at radius 3 is 0.967 bits per heavy atom. The molecule has 0 saturated carbocycles. The van der Waals surface area contributed by atoms with Gasteiger partial charge in [-0.15, -0.1) is 0 Å². The van der Waals surface area contributed by atoms with Gasteiger partial charge in [0.2, 0.25) is 0 Å². The highest BCUT2D eigenvalue weighted by atomic mass is 15.1. The van der Waals surface area contributed by atoms with Crippen LogP contribution in [0.5, 0.6) is 0 Å². The Hall–Kier alpha value is -8.92. The first-order valence-electron chi connectivity index (χ1n) is 31.2. The van der Waals surface area contributed by atoms with Crippen molar-refractivity contribution in [3.63, 3.8) is 0 Å². The molecule has 90 heavy (non-hydrogen) atoms. The van der Waals surface area contributed by atoms with E-state index in [1.807, 2.05) is 116 Å². The molecule has 16 nitrogen and oxygen atoms in total. The fourth-order valence-electron chi connectivity index (χ4n) is 6.63. The van der Waals surface area contributed by atoms with Crippen molar-refractivity contribution in [1.82, 2.24) is 80.2 Å². The number of hydrogen-bond acceptors (Lipinski definition) is 16. The van der Waals surface area contributed by atoms with E-state index in [0.717, 1.165) is 28.6 Å². The molecule has 0 aliphatic rings. The van der Waals surface area contributed by atoms with Crippen LogP contribution in [-0.4, -0.2) is 80.2 Å². The number of rotatable bonds is 10. The van der Waals surface area contributed by atoms with Gasteiger partial charge < -0.3 is 0 Å². The summed E-state index contributed by atoms with van der Waals surface area (Å²) in [4.78, 5) is 48.0. The largest absolute Gasteiger partial charge is 0.265 e. The third-order valence-electron chi connectivity index (χ3n) is 12.5. The maximum absolute atomic E-state index is 4.18. The van der Waals surface area contributed by atoms with E-state index >= 15 is 0 Å². The summed E-state index contributed by atoms with van der Waals surface area (Å²) in [6.07, 6.45) is 35.4. The van der Waals surface area contributed by atoms with Crippen molar-refractivity contribution >= 4 is 0 Å². The van der Waals surface area contributed by atoms with Crippen molar-refractivity contribution in [2.45, 2.75) is 198 Å². The third kappa shape index (κ3) is 39.1. The molecule has 16 heteroatoms. The molecule has 0 fully saturated rings. The first-order valence-corrected chi connectivity index (χ1v) is 31.2. The number of aromatic nitrogens is 16. The molecule has 10 rings (SSSR count). The molecule has 0 aliphatic carbocycles. The summed E-state index contributed by atoms with van der Waals surface area (Å²) in [6, 6.07) is 27.8. The smallest absolute Gasteiger partial charge is 0.130 e. The Kier molecular flexibility index (Phi) is 43.1. The molecule has 0 aromatic carbocycles. The normalized spacial score (nSPS) is 10.1. The van der Waals surface area contributed by atoms with Gasteiger partial charge in [-0.05, 0) is 148 Å². The van der Waals surface area contributed by atoms with Gasteiger partial charge in [0, 0.05) is 123 Å². The second-order valence-electron chi connectivity index (χ2n) is 23.5. The number of nitrogens with zero attached hydrogens (tertiary/aromatic N) is 16. The summed E-state index contributed by atoms with van der Waals surface area (Å²) in [5.41, 5.74) is 10.8. The zero-order chi connectivity index (χ0) is 66.9.